The second kappa shape index (κ2) is 4.72. The molecule has 2 atom stereocenters. The quantitative estimate of drug-likeness (QED) is 0.802. The Morgan fingerprint density at radius 2 is 2.44 bits per heavy atom. The van der Waals surface area contributed by atoms with Crippen molar-refractivity contribution in [1.29, 1.82) is 0 Å². The van der Waals surface area contributed by atoms with Gasteiger partial charge in [0.2, 0.25) is 0 Å². The summed E-state index contributed by atoms with van der Waals surface area (Å²) >= 11 is 0. The molecule has 2 rings (SSSR count). The molecule has 0 saturated heterocycles. The number of nitrogens with one attached hydrogen (secondary N) is 1. The van der Waals surface area contributed by atoms with Crippen LogP contribution in [0.1, 0.15) is 18.5 Å². The van der Waals surface area contributed by atoms with Gasteiger partial charge in [0.05, 0.1) is 12.1 Å². The normalized spacial score (nSPS) is 20.1. The first-order valence-electron chi connectivity index (χ1n) is 5.45. The topological polar surface area (TPSA) is 50.7 Å². The number of aliphatic hydroxyl groups is 1. The molecule has 0 aliphatic carbocycles. The summed E-state index contributed by atoms with van der Waals surface area (Å²) in [6.45, 7) is 2.65. The Balaban J connectivity index is 2.09. The van der Waals surface area contributed by atoms with Gasteiger partial charge in [-0.3, -0.25) is 0 Å². The lowest BCUT2D eigenvalue weighted by Crippen LogP contribution is -2.17. The SMILES string of the molecule is CNC1COc2cc(OCC(C)O)ccc21. The van der Waals surface area contributed by atoms with E-state index < -0.39 is 6.10 Å². The van der Waals surface area contributed by atoms with Gasteiger partial charge in [-0.2, -0.15) is 0 Å². The zero-order chi connectivity index (χ0) is 11.5. The van der Waals surface area contributed by atoms with E-state index in [4.69, 9.17) is 14.6 Å². The highest BCUT2D eigenvalue weighted by Crippen LogP contribution is 2.34. The second-order valence-corrected chi connectivity index (χ2v) is 4.01. The van der Waals surface area contributed by atoms with Crippen molar-refractivity contribution in [2.45, 2.75) is 19.1 Å². The van der Waals surface area contributed by atoms with Gasteiger partial charge in [-0.15, -0.1) is 0 Å². The highest BCUT2D eigenvalue weighted by molar-refractivity contribution is 5.44. The fraction of sp³-hybridized carbons (Fsp3) is 0.500. The lowest BCUT2D eigenvalue weighted by Gasteiger charge is -2.10. The number of hydrogen-bond donors (Lipinski definition) is 2. The van der Waals surface area contributed by atoms with Crippen LogP contribution in [0.4, 0.5) is 0 Å². The van der Waals surface area contributed by atoms with E-state index in [0.29, 0.717) is 13.2 Å². The summed E-state index contributed by atoms with van der Waals surface area (Å²) in [7, 11) is 1.92. The average molecular weight is 223 g/mol. The Hall–Kier alpha value is -1.26. The minimum atomic E-state index is -0.459. The maximum atomic E-state index is 9.12. The molecule has 4 heteroatoms. The van der Waals surface area contributed by atoms with Gasteiger partial charge in [0.15, 0.2) is 0 Å². The molecule has 4 nitrogen and oxygen atoms in total. The fourth-order valence-electron chi connectivity index (χ4n) is 1.74. The van der Waals surface area contributed by atoms with Gasteiger partial charge in [-0.25, -0.2) is 0 Å². The van der Waals surface area contributed by atoms with Crippen molar-refractivity contribution in [3.63, 3.8) is 0 Å². The molecule has 1 aliphatic rings. The summed E-state index contributed by atoms with van der Waals surface area (Å²) in [6, 6.07) is 6.04. The summed E-state index contributed by atoms with van der Waals surface area (Å²) in [5.41, 5.74) is 1.16. The van der Waals surface area contributed by atoms with Crippen LogP contribution in [0.25, 0.3) is 0 Å². The number of hydrogen-bond acceptors (Lipinski definition) is 4. The third-order valence-electron chi connectivity index (χ3n) is 2.61. The lowest BCUT2D eigenvalue weighted by molar-refractivity contribution is 0.122. The molecule has 1 aromatic carbocycles. The van der Waals surface area contributed by atoms with Crippen molar-refractivity contribution in [2.24, 2.45) is 0 Å². The largest absolute Gasteiger partial charge is 0.491 e. The van der Waals surface area contributed by atoms with Crippen LogP contribution in [-0.4, -0.2) is 31.5 Å². The summed E-state index contributed by atoms with van der Waals surface area (Å²) in [5.74, 6) is 1.60. The van der Waals surface area contributed by atoms with Crippen molar-refractivity contribution < 1.29 is 14.6 Å². The number of likely N-dealkylation sites (N-methyl/N-ethyl adjacent to an activating group) is 1. The van der Waals surface area contributed by atoms with Crippen molar-refractivity contribution in [3.8, 4) is 11.5 Å². The van der Waals surface area contributed by atoms with Crippen LogP contribution < -0.4 is 14.8 Å². The monoisotopic (exact) mass is 223 g/mol. The van der Waals surface area contributed by atoms with E-state index >= 15 is 0 Å². The molecule has 0 bridgehead atoms. The van der Waals surface area contributed by atoms with Crippen LogP contribution in [-0.2, 0) is 0 Å². The predicted octanol–water partition coefficient (Wildman–Crippen LogP) is 1.10. The third kappa shape index (κ3) is 2.28. The molecular weight excluding hydrogens is 206 g/mol. The van der Waals surface area contributed by atoms with Crippen molar-refractivity contribution in [3.05, 3.63) is 23.8 Å². The first kappa shape index (κ1) is 11.2. The summed E-state index contributed by atoms with van der Waals surface area (Å²) in [5, 5.41) is 12.3. The first-order chi connectivity index (χ1) is 7.70. The molecule has 88 valence electrons. The van der Waals surface area contributed by atoms with Crippen molar-refractivity contribution >= 4 is 0 Å². The zero-order valence-electron chi connectivity index (χ0n) is 9.56. The van der Waals surface area contributed by atoms with Gasteiger partial charge < -0.3 is 19.9 Å². The molecule has 0 spiro atoms. The van der Waals surface area contributed by atoms with E-state index in [2.05, 4.69) is 5.32 Å². The van der Waals surface area contributed by atoms with Crippen LogP contribution in [0.15, 0.2) is 18.2 Å². The Bertz CT molecular complexity index is 365. The molecule has 0 amide bonds. The fourth-order valence-corrected chi connectivity index (χ4v) is 1.74. The van der Waals surface area contributed by atoms with Crippen LogP contribution in [0, 0.1) is 0 Å². The van der Waals surface area contributed by atoms with E-state index in [1.807, 2.05) is 25.2 Å². The molecular formula is C12H17NO3. The molecule has 1 aliphatic heterocycles. The van der Waals surface area contributed by atoms with E-state index in [1.54, 1.807) is 6.92 Å². The van der Waals surface area contributed by atoms with Gasteiger partial charge >= 0.3 is 0 Å². The number of aliphatic hydroxyl groups excluding tert-OH is 1. The van der Waals surface area contributed by atoms with Gasteiger partial charge in [0, 0.05) is 11.6 Å². The Morgan fingerprint density at radius 3 is 3.12 bits per heavy atom. The maximum absolute atomic E-state index is 9.12. The van der Waals surface area contributed by atoms with E-state index in [1.165, 1.54) is 0 Å². The molecule has 0 radical (unpaired) electrons. The molecule has 2 N–H and O–H groups in total. The van der Waals surface area contributed by atoms with Gasteiger partial charge in [-0.05, 0) is 26.1 Å². The number of rotatable bonds is 4. The Morgan fingerprint density at radius 1 is 1.62 bits per heavy atom. The van der Waals surface area contributed by atoms with E-state index in [0.717, 1.165) is 17.1 Å². The number of benzene rings is 1. The van der Waals surface area contributed by atoms with Crippen LogP contribution in [0.3, 0.4) is 0 Å². The minimum absolute atomic E-state index is 0.265. The molecule has 1 aromatic rings. The third-order valence-corrected chi connectivity index (χ3v) is 2.61. The van der Waals surface area contributed by atoms with Crippen LogP contribution in [0.2, 0.25) is 0 Å². The van der Waals surface area contributed by atoms with E-state index in [-0.39, 0.29) is 6.04 Å². The summed E-state index contributed by atoms with van der Waals surface area (Å²) in [4.78, 5) is 0. The minimum Gasteiger partial charge on any atom is -0.491 e. The predicted molar refractivity (Wildman–Crippen MR) is 60.9 cm³/mol. The molecule has 16 heavy (non-hydrogen) atoms. The second-order valence-electron chi connectivity index (χ2n) is 4.01. The average Bonchev–Trinajstić information content (AvgIpc) is 2.68. The van der Waals surface area contributed by atoms with Gasteiger partial charge in [-0.1, -0.05) is 0 Å². The highest BCUT2D eigenvalue weighted by Gasteiger charge is 2.22. The van der Waals surface area contributed by atoms with Gasteiger partial charge in [0.25, 0.3) is 0 Å². The first-order valence-corrected chi connectivity index (χ1v) is 5.45. The molecule has 0 saturated carbocycles. The van der Waals surface area contributed by atoms with Crippen LogP contribution >= 0.6 is 0 Å². The lowest BCUT2D eigenvalue weighted by atomic mass is 10.1. The number of ether oxygens (including phenoxy) is 2. The highest BCUT2D eigenvalue weighted by atomic mass is 16.5. The Kier molecular flexibility index (Phi) is 3.31. The standard InChI is InChI=1S/C12H17NO3/c1-8(14)6-15-9-3-4-10-11(13-2)7-16-12(10)5-9/h3-5,8,11,13-14H,6-7H2,1-2H3. The van der Waals surface area contributed by atoms with Crippen molar-refractivity contribution in [2.75, 3.05) is 20.3 Å². The number of fused-ring (bicyclic) bond motifs is 1. The maximum Gasteiger partial charge on any atom is 0.127 e. The van der Waals surface area contributed by atoms with Crippen molar-refractivity contribution in [1.82, 2.24) is 5.32 Å². The van der Waals surface area contributed by atoms with E-state index in [9.17, 15) is 0 Å². The zero-order valence-corrected chi connectivity index (χ0v) is 9.56. The molecule has 1 heterocycles. The van der Waals surface area contributed by atoms with Gasteiger partial charge in [0.1, 0.15) is 24.7 Å². The van der Waals surface area contributed by atoms with Crippen LogP contribution in [0.5, 0.6) is 11.5 Å². The molecule has 0 aromatic heterocycles. The molecule has 2 unspecified atom stereocenters. The smallest absolute Gasteiger partial charge is 0.127 e. The Labute approximate surface area is 95.2 Å². The summed E-state index contributed by atoms with van der Waals surface area (Å²) in [6.07, 6.45) is -0.459. The summed E-state index contributed by atoms with van der Waals surface area (Å²) < 4.78 is 11.0. The molecule has 0 fully saturated rings.